The van der Waals surface area contributed by atoms with Crippen molar-refractivity contribution in [1.82, 2.24) is 5.32 Å². The molecule has 1 aliphatic carbocycles. The zero-order chi connectivity index (χ0) is 13.3. The van der Waals surface area contributed by atoms with E-state index in [1.807, 2.05) is 0 Å². The summed E-state index contributed by atoms with van der Waals surface area (Å²) in [6.45, 7) is 0. The molecule has 96 valence electrons. The van der Waals surface area contributed by atoms with Crippen LogP contribution in [-0.2, 0) is 11.2 Å². The Hall–Kier alpha value is -1.66. The fourth-order valence-electron chi connectivity index (χ4n) is 2.11. The summed E-state index contributed by atoms with van der Waals surface area (Å²) in [4.78, 5) is 21.4. The van der Waals surface area contributed by atoms with Crippen LogP contribution in [0.25, 0.3) is 0 Å². The topological polar surface area (TPSA) is 92.5 Å². The summed E-state index contributed by atoms with van der Waals surface area (Å²) in [5.74, 6) is -0.631. The van der Waals surface area contributed by atoms with E-state index in [0.29, 0.717) is 12.0 Å². The van der Waals surface area contributed by atoms with Crippen molar-refractivity contribution >= 4 is 23.2 Å². The number of carbonyl (C=O) groups is 1. The van der Waals surface area contributed by atoms with Crippen LogP contribution in [0.3, 0.4) is 0 Å². The third-order valence-corrected chi connectivity index (χ3v) is 3.17. The van der Waals surface area contributed by atoms with Crippen LogP contribution in [0, 0.1) is 10.1 Å². The van der Waals surface area contributed by atoms with Crippen molar-refractivity contribution in [2.24, 2.45) is 0 Å². The number of benzene rings is 1. The molecule has 0 aliphatic heterocycles. The zero-order valence-corrected chi connectivity index (χ0v) is 10.1. The number of nitro benzene ring substituents is 1. The van der Waals surface area contributed by atoms with E-state index >= 15 is 0 Å². The number of aliphatic hydroxyl groups is 1. The number of non-ortho nitro benzene ring substituents is 1. The molecule has 18 heavy (non-hydrogen) atoms. The SMILES string of the molecule is O=C(CCl)N[C@@H]1c2cc([N+](=O)[O-])ccc2C[C@@H]1O. The summed E-state index contributed by atoms with van der Waals surface area (Å²) in [6.07, 6.45) is -0.422. The van der Waals surface area contributed by atoms with Crippen LogP contribution in [0.2, 0.25) is 0 Å². The number of hydrogen-bond donors (Lipinski definition) is 2. The van der Waals surface area contributed by atoms with Gasteiger partial charge in [-0.25, -0.2) is 0 Å². The fraction of sp³-hybridized carbons (Fsp3) is 0.364. The van der Waals surface area contributed by atoms with E-state index in [1.54, 1.807) is 6.07 Å². The second-order valence-corrected chi connectivity index (χ2v) is 4.36. The van der Waals surface area contributed by atoms with E-state index in [4.69, 9.17) is 11.6 Å². The predicted octanol–water partition coefficient (Wildman–Crippen LogP) is 0.908. The molecule has 0 spiro atoms. The molecule has 2 atom stereocenters. The largest absolute Gasteiger partial charge is 0.390 e. The van der Waals surface area contributed by atoms with E-state index in [-0.39, 0.29) is 11.6 Å². The van der Waals surface area contributed by atoms with Gasteiger partial charge in [0.1, 0.15) is 5.88 Å². The lowest BCUT2D eigenvalue weighted by Gasteiger charge is -2.16. The van der Waals surface area contributed by atoms with E-state index in [0.717, 1.165) is 5.56 Å². The standard InChI is InChI=1S/C11H11ClN2O4/c12-5-10(16)13-11-8-4-7(14(17)18)2-1-6(8)3-9(11)15/h1-2,4,9,11,15H,3,5H2,(H,13,16)/t9-,11+/m0/s1. The minimum atomic E-state index is -0.783. The molecular formula is C11H11ClN2O4. The van der Waals surface area contributed by atoms with Crippen LogP contribution in [0.1, 0.15) is 17.2 Å². The average Bonchev–Trinajstić information content (AvgIpc) is 2.65. The molecule has 7 heteroatoms. The van der Waals surface area contributed by atoms with Gasteiger partial charge in [-0.15, -0.1) is 11.6 Å². The number of aliphatic hydroxyl groups excluding tert-OH is 1. The van der Waals surface area contributed by atoms with Gasteiger partial charge in [-0.3, -0.25) is 14.9 Å². The van der Waals surface area contributed by atoms with Crippen LogP contribution in [0.5, 0.6) is 0 Å². The lowest BCUT2D eigenvalue weighted by atomic mass is 10.1. The van der Waals surface area contributed by atoms with Crippen molar-refractivity contribution in [3.05, 3.63) is 39.4 Å². The monoisotopic (exact) mass is 270 g/mol. The number of hydrogen-bond acceptors (Lipinski definition) is 4. The van der Waals surface area contributed by atoms with Gasteiger partial charge in [0.2, 0.25) is 5.91 Å². The molecule has 6 nitrogen and oxygen atoms in total. The van der Waals surface area contributed by atoms with Crippen LogP contribution >= 0.6 is 11.6 Å². The molecule has 1 amide bonds. The molecule has 0 radical (unpaired) electrons. The highest BCUT2D eigenvalue weighted by atomic mass is 35.5. The first-order chi connectivity index (χ1) is 8.52. The van der Waals surface area contributed by atoms with Crippen LogP contribution in [0.15, 0.2) is 18.2 Å². The molecule has 0 saturated heterocycles. The summed E-state index contributed by atoms with van der Waals surface area (Å²) < 4.78 is 0. The lowest BCUT2D eigenvalue weighted by molar-refractivity contribution is -0.384. The highest BCUT2D eigenvalue weighted by molar-refractivity contribution is 6.27. The highest BCUT2D eigenvalue weighted by Gasteiger charge is 2.33. The van der Waals surface area contributed by atoms with Gasteiger partial charge in [-0.2, -0.15) is 0 Å². The van der Waals surface area contributed by atoms with Crippen LogP contribution in [0.4, 0.5) is 5.69 Å². The Morgan fingerprint density at radius 1 is 1.61 bits per heavy atom. The Balaban J connectivity index is 2.33. The quantitative estimate of drug-likeness (QED) is 0.485. The summed E-state index contributed by atoms with van der Waals surface area (Å²) in [7, 11) is 0. The summed E-state index contributed by atoms with van der Waals surface area (Å²) >= 11 is 5.39. The van der Waals surface area contributed by atoms with Gasteiger partial charge in [-0.05, 0) is 11.1 Å². The fourth-order valence-corrected chi connectivity index (χ4v) is 2.18. The Morgan fingerprint density at radius 3 is 2.94 bits per heavy atom. The minimum absolute atomic E-state index is 0.0621. The van der Waals surface area contributed by atoms with Gasteiger partial charge >= 0.3 is 0 Å². The first kappa shape index (κ1) is 12.8. The molecule has 2 N–H and O–H groups in total. The van der Waals surface area contributed by atoms with E-state index in [2.05, 4.69) is 5.32 Å². The Labute approximate surface area is 108 Å². The average molecular weight is 271 g/mol. The maximum absolute atomic E-state index is 11.3. The van der Waals surface area contributed by atoms with E-state index in [9.17, 15) is 20.0 Å². The smallest absolute Gasteiger partial charge is 0.269 e. The summed E-state index contributed by atoms with van der Waals surface area (Å²) in [6, 6.07) is 3.73. The van der Waals surface area contributed by atoms with Gasteiger partial charge in [0.05, 0.1) is 17.1 Å². The maximum Gasteiger partial charge on any atom is 0.269 e. The molecule has 1 aromatic rings. The maximum atomic E-state index is 11.3. The molecule has 0 aromatic heterocycles. The number of nitro groups is 1. The lowest BCUT2D eigenvalue weighted by Crippen LogP contribution is -2.34. The molecule has 2 rings (SSSR count). The van der Waals surface area contributed by atoms with E-state index in [1.165, 1.54) is 12.1 Å². The van der Waals surface area contributed by atoms with Crippen molar-refractivity contribution in [3.8, 4) is 0 Å². The normalized spacial score (nSPS) is 21.4. The molecule has 1 aromatic carbocycles. The van der Waals surface area contributed by atoms with Gasteiger partial charge in [0.25, 0.3) is 5.69 Å². The number of carbonyl (C=O) groups excluding carboxylic acids is 1. The number of nitrogens with zero attached hydrogens (tertiary/aromatic N) is 1. The van der Waals surface area contributed by atoms with Crippen LogP contribution < -0.4 is 5.32 Å². The zero-order valence-electron chi connectivity index (χ0n) is 9.30. The van der Waals surface area contributed by atoms with Crippen molar-refractivity contribution < 1.29 is 14.8 Å². The number of fused-ring (bicyclic) bond motifs is 1. The van der Waals surface area contributed by atoms with Gasteiger partial charge in [-0.1, -0.05) is 6.07 Å². The second kappa shape index (κ2) is 4.91. The number of halogens is 1. The number of alkyl halides is 1. The van der Waals surface area contributed by atoms with Crippen molar-refractivity contribution in [3.63, 3.8) is 0 Å². The highest BCUT2D eigenvalue weighted by Crippen LogP contribution is 2.33. The predicted molar refractivity (Wildman–Crippen MR) is 64.4 cm³/mol. The van der Waals surface area contributed by atoms with Crippen molar-refractivity contribution in [2.75, 3.05) is 5.88 Å². The van der Waals surface area contributed by atoms with Crippen LogP contribution in [-0.4, -0.2) is 27.9 Å². The Bertz CT molecular complexity index is 506. The Kier molecular flexibility index (Phi) is 3.49. The molecule has 0 bridgehead atoms. The molecule has 0 fully saturated rings. The Morgan fingerprint density at radius 2 is 2.33 bits per heavy atom. The molecular weight excluding hydrogens is 260 g/mol. The molecule has 0 heterocycles. The molecule has 0 saturated carbocycles. The van der Waals surface area contributed by atoms with Gasteiger partial charge in [0.15, 0.2) is 0 Å². The van der Waals surface area contributed by atoms with Gasteiger partial charge in [0, 0.05) is 18.6 Å². The molecule has 1 aliphatic rings. The van der Waals surface area contributed by atoms with Gasteiger partial charge < -0.3 is 10.4 Å². The first-order valence-corrected chi connectivity index (χ1v) is 5.87. The third-order valence-electron chi connectivity index (χ3n) is 2.93. The molecule has 0 unspecified atom stereocenters. The van der Waals surface area contributed by atoms with E-state index < -0.39 is 23.0 Å². The number of nitrogens with one attached hydrogen (secondary N) is 1. The van der Waals surface area contributed by atoms with Crippen molar-refractivity contribution in [1.29, 1.82) is 0 Å². The summed E-state index contributed by atoms with van der Waals surface area (Å²) in [5, 5.41) is 23.1. The van der Waals surface area contributed by atoms with Crippen molar-refractivity contribution in [2.45, 2.75) is 18.6 Å². The number of amides is 1. The second-order valence-electron chi connectivity index (χ2n) is 4.09. The third kappa shape index (κ3) is 2.30. The minimum Gasteiger partial charge on any atom is -0.390 e. The first-order valence-electron chi connectivity index (χ1n) is 5.33. The number of rotatable bonds is 3. The summed E-state index contributed by atoms with van der Waals surface area (Å²) in [5.41, 5.74) is 1.32.